The van der Waals surface area contributed by atoms with Gasteiger partial charge in [0.15, 0.2) is 0 Å². The van der Waals surface area contributed by atoms with Crippen LogP contribution in [0.5, 0.6) is 0 Å². The molecule has 0 aliphatic heterocycles. The van der Waals surface area contributed by atoms with Gasteiger partial charge in [-0.15, -0.1) is 0 Å². The third-order valence-corrected chi connectivity index (χ3v) is 2.28. The van der Waals surface area contributed by atoms with E-state index < -0.39 is 0 Å². The Hall–Kier alpha value is -0.540. The summed E-state index contributed by atoms with van der Waals surface area (Å²) in [4.78, 5) is 2.02. The van der Waals surface area contributed by atoms with Crippen LogP contribution in [0.4, 0.5) is 5.69 Å². The maximum Gasteiger partial charge on any atom is 0.0686 e. The zero-order valence-electron chi connectivity index (χ0n) is 7.87. The van der Waals surface area contributed by atoms with Gasteiger partial charge < -0.3 is 10.0 Å². The van der Waals surface area contributed by atoms with Gasteiger partial charge in [0.25, 0.3) is 0 Å². The standard InChI is InChI=1S/C10H14BrNO/c1-8(13)7-12(2)10-5-3-4-9(11)6-10/h3-6,8,13H,7H2,1-2H3. The molecule has 0 spiro atoms. The molecule has 0 fully saturated rings. The molecule has 0 amide bonds. The van der Waals surface area contributed by atoms with Crippen molar-refractivity contribution in [1.82, 2.24) is 0 Å². The summed E-state index contributed by atoms with van der Waals surface area (Å²) in [5, 5.41) is 9.20. The second kappa shape index (κ2) is 4.63. The zero-order chi connectivity index (χ0) is 9.84. The van der Waals surface area contributed by atoms with E-state index in [0.29, 0.717) is 6.54 Å². The van der Waals surface area contributed by atoms with Gasteiger partial charge in [0.05, 0.1) is 6.10 Å². The lowest BCUT2D eigenvalue weighted by molar-refractivity contribution is 0.201. The van der Waals surface area contributed by atoms with Crippen LogP contribution in [0.2, 0.25) is 0 Å². The van der Waals surface area contributed by atoms with Crippen molar-refractivity contribution in [2.24, 2.45) is 0 Å². The van der Waals surface area contributed by atoms with E-state index in [2.05, 4.69) is 15.9 Å². The van der Waals surface area contributed by atoms with Gasteiger partial charge in [-0.3, -0.25) is 0 Å². The van der Waals surface area contributed by atoms with Crippen molar-refractivity contribution < 1.29 is 5.11 Å². The van der Waals surface area contributed by atoms with Crippen LogP contribution >= 0.6 is 15.9 Å². The molecule has 0 aromatic heterocycles. The number of likely N-dealkylation sites (N-methyl/N-ethyl adjacent to an activating group) is 1. The van der Waals surface area contributed by atoms with Crippen molar-refractivity contribution in [3.8, 4) is 0 Å². The van der Waals surface area contributed by atoms with Gasteiger partial charge in [-0.25, -0.2) is 0 Å². The lowest BCUT2D eigenvalue weighted by Crippen LogP contribution is -2.26. The number of aliphatic hydroxyl groups excluding tert-OH is 1. The van der Waals surface area contributed by atoms with E-state index in [0.717, 1.165) is 10.2 Å². The van der Waals surface area contributed by atoms with Crippen LogP contribution in [0.15, 0.2) is 28.7 Å². The molecule has 0 heterocycles. The quantitative estimate of drug-likeness (QED) is 0.881. The number of hydrogen-bond acceptors (Lipinski definition) is 2. The third kappa shape index (κ3) is 3.36. The molecule has 0 aliphatic rings. The van der Waals surface area contributed by atoms with Gasteiger partial charge in [0, 0.05) is 23.8 Å². The van der Waals surface area contributed by atoms with Crippen molar-refractivity contribution >= 4 is 21.6 Å². The number of halogens is 1. The highest BCUT2D eigenvalue weighted by Crippen LogP contribution is 2.18. The smallest absolute Gasteiger partial charge is 0.0686 e. The lowest BCUT2D eigenvalue weighted by Gasteiger charge is -2.20. The number of nitrogens with zero attached hydrogens (tertiary/aromatic N) is 1. The summed E-state index contributed by atoms with van der Waals surface area (Å²) >= 11 is 3.41. The maximum atomic E-state index is 9.20. The van der Waals surface area contributed by atoms with Crippen molar-refractivity contribution in [1.29, 1.82) is 0 Å². The molecule has 1 aromatic carbocycles. The summed E-state index contributed by atoms with van der Waals surface area (Å²) < 4.78 is 1.06. The number of hydrogen-bond donors (Lipinski definition) is 1. The highest BCUT2D eigenvalue weighted by atomic mass is 79.9. The molecule has 1 aromatic rings. The predicted octanol–water partition coefficient (Wildman–Crippen LogP) is 2.27. The Bertz CT molecular complexity index is 275. The molecule has 1 unspecified atom stereocenters. The van der Waals surface area contributed by atoms with Gasteiger partial charge >= 0.3 is 0 Å². The predicted molar refractivity (Wildman–Crippen MR) is 59.1 cm³/mol. The number of rotatable bonds is 3. The molecular formula is C10H14BrNO. The highest BCUT2D eigenvalue weighted by Gasteiger charge is 2.03. The molecular weight excluding hydrogens is 230 g/mol. The van der Waals surface area contributed by atoms with Crippen LogP contribution in [0.1, 0.15) is 6.92 Å². The monoisotopic (exact) mass is 243 g/mol. The Balaban J connectivity index is 2.71. The van der Waals surface area contributed by atoms with Crippen LogP contribution < -0.4 is 4.90 Å². The first-order valence-corrected chi connectivity index (χ1v) is 5.03. The Morgan fingerprint density at radius 1 is 1.54 bits per heavy atom. The van der Waals surface area contributed by atoms with E-state index in [1.165, 1.54) is 0 Å². The molecule has 0 bridgehead atoms. The van der Waals surface area contributed by atoms with Crippen LogP contribution in [0, 0.1) is 0 Å². The van der Waals surface area contributed by atoms with Gasteiger partial charge in [0.1, 0.15) is 0 Å². The fourth-order valence-electron chi connectivity index (χ4n) is 1.22. The van der Waals surface area contributed by atoms with E-state index in [4.69, 9.17) is 0 Å². The molecule has 0 saturated carbocycles. The second-order valence-electron chi connectivity index (χ2n) is 3.21. The van der Waals surface area contributed by atoms with E-state index in [1.54, 1.807) is 6.92 Å². The SMILES string of the molecule is CC(O)CN(C)c1cccc(Br)c1. The lowest BCUT2D eigenvalue weighted by atomic mass is 10.3. The topological polar surface area (TPSA) is 23.5 Å². The van der Waals surface area contributed by atoms with Crippen molar-refractivity contribution in [2.45, 2.75) is 13.0 Å². The molecule has 2 nitrogen and oxygen atoms in total. The molecule has 0 aliphatic carbocycles. The Morgan fingerprint density at radius 2 is 2.23 bits per heavy atom. The molecule has 3 heteroatoms. The molecule has 0 saturated heterocycles. The minimum absolute atomic E-state index is 0.302. The zero-order valence-corrected chi connectivity index (χ0v) is 9.45. The summed E-state index contributed by atoms with van der Waals surface area (Å²) in [6.07, 6.45) is -0.302. The van der Waals surface area contributed by atoms with Gasteiger partial charge in [-0.1, -0.05) is 22.0 Å². The van der Waals surface area contributed by atoms with Gasteiger partial charge in [0.2, 0.25) is 0 Å². The van der Waals surface area contributed by atoms with Crippen molar-refractivity contribution in [3.05, 3.63) is 28.7 Å². The van der Waals surface area contributed by atoms with E-state index in [-0.39, 0.29) is 6.10 Å². The van der Waals surface area contributed by atoms with Crippen molar-refractivity contribution in [3.63, 3.8) is 0 Å². The molecule has 72 valence electrons. The van der Waals surface area contributed by atoms with E-state index >= 15 is 0 Å². The first-order valence-electron chi connectivity index (χ1n) is 4.24. The average Bonchev–Trinajstić information content (AvgIpc) is 2.03. The minimum atomic E-state index is -0.302. The first-order chi connectivity index (χ1) is 6.09. The first kappa shape index (κ1) is 10.5. The van der Waals surface area contributed by atoms with E-state index in [1.807, 2.05) is 36.2 Å². The van der Waals surface area contributed by atoms with Gasteiger partial charge in [-0.05, 0) is 25.1 Å². The Kier molecular flexibility index (Phi) is 3.75. The molecule has 1 N–H and O–H groups in total. The number of benzene rings is 1. The third-order valence-electron chi connectivity index (χ3n) is 1.79. The maximum absolute atomic E-state index is 9.20. The normalized spacial score (nSPS) is 12.6. The van der Waals surface area contributed by atoms with Crippen molar-refractivity contribution in [2.75, 3.05) is 18.5 Å². The highest BCUT2D eigenvalue weighted by molar-refractivity contribution is 9.10. The average molecular weight is 244 g/mol. The second-order valence-corrected chi connectivity index (χ2v) is 4.13. The Morgan fingerprint density at radius 3 is 2.77 bits per heavy atom. The molecule has 0 radical (unpaired) electrons. The van der Waals surface area contributed by atoms with Crippen LogP contribution in [-0.4, -0.2) is 24.8 Å². The van der Waals surface area contributed by atoms with E-state index in [9.17, 15) is 5.11 Å². The van der Waals surface area contributed by atoms with Crippen LogP contribution in [-0.2, 0) is 0 Å². The summed E-state index contributed by atoms with van der Waals surface area (Å²) in [6.45, 7) is 2.44. The summed E-state index contributed by atoms with van der Waals surface area (Å²) in [6, 6.07) is 8.02. The van der Waals surface area contributed by atoms with Gasteiger partial charge in [-0.2, -0.15) is 0 Å². The fourth-order valence-corrected chi connectivity index (χ4v) is 1.60. The molecule has 1 rings (SSSR count). The number of aliphatic hydroxyl groups is 1. The number of anilines is 1. The van der Waals surface area contributed by atoms with Crippen LogP contribution in [0.3, 0.4) is 0 Å². The summed E-state index contributed by atoms with van der Waals surface area (Å²) in [5.41, 5.74) is 1.11. The molecule has 1 atom stereocenters. The largest absolute Gasteiger partial charge is 0.392 e. The summed E-state index contributed by atoms with van der Waals surface area (Å²) in [5.74, 6) is 0. The Labute approximate surface area is 87.3 Å². The molecule has 13 heavy (non-hydrogen) atoms. The summed E-state index contributed by atoms with van der Waals surface area (Å²) in [7, 11) is 1.97. The van der Waals surface area contributed by atoms with Crippen LogP contribution in [0.25, 0.3) is 0 Å². The minimum Gasteiger partial charge on any atom is -0.392 e. The fraction of sp³-hybridized carbons (Fsp3) is 0.400.